The summed E-state index contributed by atoms with van der Waals surface area (Å²) in [5.74, 6) is -0.756. The quantitative estimate of drug-likeness (QED) is 0.426. The number of hydrogen-bond acceptors (Lipinski definition) is 6. The third-order valence-corrected chi connectivity index (χ3v) is 4.04. The van der Waals surface area contributed by atoms with E-state index >= 15 is 0 Å². The van der Waals surface area contributed by atoms with Crippen molar-refractivity contribution in [1.82, 2.24) is 0 Å². The number of carbonyl (C=O) groups is 1. The minimum Gasteiger partial charge on any atom is -0.506 e. The van der Waals surface area contributed by atoms with Crippen molar-refractivity contribution < 1.29 is 19.1 Å². The molecule has 0 spiro atoms. The maximum absolute atomic E-state index is 12.3. The summed E-state index contributed by atoms with van der Waals surface area (Å²) in [6.45, 7) is 3.75. The molecule has 0 amide bonds. The number of hydrogen-bond donors (Lipinski definition) is 2. The van der Waals surface area contributed by atoms with Crippen LogP contribution in [-0.2, 0) is 4.74 Å². The van der Waals surface area contributed by atoms with Crippen LogP contribution >= 0.6 is 0 Å². The average Bonchev–Trinajstić information content (AvgIpc) is 2.63. The summed E-state index contributed by atoms with van der Waals surface area (Å²) >= 11 is 0. The number of aryl methyl sites for hydroxylation is 1. The number of benzene rings is 2. The summed E-state index contributed by atoms with van der Waals surface area (Å²) in [4.78, 5) is 24.0. The zero-order valence-corrected chi connectivity index (χ0v) is 14.3. The van der Waals surface area contributed by atoms with Gasteiger partial charge in [0.25, 0.3) is 0 Å². The Morgan fingerprint density at radius 2 is 1.81 bits per heavy atom. The van der Waals surface area contributed by atoms with Gasteiger partial charge in [-0.1, -0.05) is 24.3 Å². The predicted octanol–water partition coefficient (Wildman–Crippen LogP) is 3.40. The van der Waals surface area contributed by atoms with Gasteiger partial charge in [0, 0.05) is 5.56 Å². The fourth-order valence-corrected chi connectivity index (χ4v) is 2.70. The van der Waals surface area contributed by atoms with Gasteiger partial charge in [0.2, 0.25) is 0 Å². The standard InChI is InChI=1S/C20H17NO5/c1-3-25-19(23)13-9-7-12(8-10-13)16(21)15-17(22)14-6-4-5-11(2)18(14)26-20(15)24/h4-10,21-22H,3H2,1-2H3. The Bertz CT molecular complexity index is 1060. The Morgan fingerprint density at radius 1 is 1.15 bits per heavy atom. The van der Waals surface area contributed by atoms with Gasteiger partial charge in [-0.05, 0) is 37.6 Å². The monoisotopic (exact) mass is 351 g/mol. The molecule has 1 aromatic heterocycles. The third kappa shape index (κ3) is 2.97. The highest BCUT2D eigenvalue weighted by atomic mass is 16.5. The van der Waals surface area contributed by atoms with Crippen molar-refractivity contribution in [2.45, 2.75) is 13.8 Å². The number of nitrogens with one attached hydrogen (secondary N) is 1. The zero-order chi connectivity index (χ0) is 18.8. The molecular weight excluding hydrogens is 334 g/mol. The first-order valence-electron chi connectivity index (χ1n) is 8.06. The Kier molecular flexibility index (Phi) is 4.58. The van der Waals surface area contributed by atoms with E-state index in [4.69, 9.17) is 14.6 Å². The van der Waals surface area contributed by atoms with E-state index in [9.17, 15) is 14.7 Å². The molecule has 2 aromatic carbocycles. The lowest BCUT2D eigenvalue weighted by molar-refractivity contribution is 0.0526. The molecular formula is C20H17NO5. The van der Waals surface area contributed by atoms with Crippen molar-refractivity contribution in [3.8, 4) is 5.75 Å². The lowest BCUT2D eigenvalue weighted by atomic mass is 10.00. The first kappa shape index (κ1) is 17.4. The molecule has 0 fully saturated rings. The summed E-state index contributed by atoms with van der Waals surface area (Å²) < 4.78 is 10.2. The lowest BCUT2D eigenvalue weighted by Gasteiger charge is -2.09. The topological polar surface area (TPSA) is 101 Å². The van der Waals surface area contributed by atoms with Crippen LogP contribution in [0.15, 0.2) is 51.7 Å². The molecule has 6 heteroatoms. The van der Waals surface area contributed by atoms with Crippen LogP contribution in [0.5, 0.6) is 5.75 Å². The number of para-hydroxylation sites is 1. The Hall–Kier alpha value is -3.41. The molecule has 0 aliphatic carbocycles. The Labute approximate surface area is 149 Å². The van der Waals surface area contributed by atoms with E-state index in [1.807, 2.05) is 0 Å². The molecule has 132 valence electrons. The van der Waals surface area contributed by atoms with Gasteiger partial charge in [-0.3, -0.25) is 5.41 Å². The van der Waals surface area contributed by atoms with E-state index in [-0.39, 0.29) is 23.6 Å². The number of rotatable bonds is 4. The summed E-state index contributed by atoms with van der Waals surface area (Å²) in [5.41, 5.74) is 0.531. The molecule has 0 saturated carbocycles. The molecule has 6 nitrogen and oxygen atoms in total. The first-order valence-corrected chi connectivity index (χ1v) is 8.06. The second-order valence-electron chi connectivity index (χ2n) is 5.74. The molecule has 0 radical (unpaired) electrons. The number of aromatic hydroxyl groups is 1. The molecule has 0 unspecified atom stereocenters. The Balaban J connectivity index is 2.05. The van der Waals surface area contributed by atoms with E-state index in [0.717, 1.165) is 0 Å². The van der Waals surface area contributed by atoms with E-state index in [1.54, 1.807) is 32.0 Å². The van der Waals surface area contributed by atoms with Crippen LogP contribution in [0.3, 0.4) is 0 Å². The second-order valence-corrected chi connectivity index (χ2v) is 5.74. The zero-order valence-electron chi connectivity index (χ0n) is 14.3. The van der Waals surface area contributed by atoms with Gasteiger partial charge in [0.05, 0.1) is 23.3 Å². The van der Waals surface area contributed by atoms with E-state index in [2.05, 4.69) is 0 Å². The molecule has 0 saturated heterocycles. The number of ether oxygens (including phenoxy) is 1. The van der Waals surface area contributed by atoms with Gasteiger partial charge >= 0.3 is 11.6 Å². The molecule has 0 bridgehead atoms. The van der Waals surface area contributed by atoms with Crippen LogP contribution in [0.25, 0.3) is 11.0 Å². The fourth-order valence-electron chi connectivity index (χ4n) is 2.70. The average molecular weight is 351 g/mol. The van der Waals surface area contributed by atoms with Crippen LogP contribution in [0.2, 0.25) is 0 Å². The molecule has 0 aliphatic heterocycles. The first-order chi connectivity index (χ1) is 12.4. The SMILES string of the molecule is CCOC(=O)c1ccc(C(=N)c2c(O)c3cccc(C)c3oc2=O)cc1. The van der Waals surface area contributed by atoms with E-state index < -0.39 is 11.6 Å². The molecule has 0 atom stereocenters. The van der Waals surface area contributed by atoms with Crippen LogP contribution in [0.4, 0.5) is 0 Å². The summed E-state index contributed by atoms with van der Waals surface area (Å²) in [6.07, 6.45) is 0. The maximum Gasteiger partial charge on any atom is 0.349 e. The third-order valence-electron chi connectivity index (χ3n) is 4.04. The number of fused-ring (bicyclic) bond motifs is 1. The number of esters is 1. The summed E-state index contributed by atoms with van der Waals surface area (Å²) in [6, 6.07) is 11.2. The summed E-state index contributed by atoms with van der Waals surface area (Å²) in [7, 11) is 0. The minimum atomic E-state index is -0.788. The molecule has 3 rings (SSSR count). The van der Waals surface area contributed by atoms with E-state index in [1.165, 1.54) is 24.3 Å². The van der Waals surface area contributed by atoms with Crippen molar-refractivity contribution in [3.05, 3.63) is 75.1 Å². The van der Waals surface area contributed by atoms with Crippen molar-refractivity contribution in [2.75, 3.05) is 6.61 Å². The number of carbonyl (C=O) groups excluding carboxylic acids is 1. The normalized spacial score (nSPS) is 10.7. The van der Waals surface area contributed by atoms with Gasteiger partial charge in [-0.2, -0.15) is 0 Å². The maximum atomic E-state index is 12.3. The Morgan fingerprint density at radius 3 is 2.46 bits per heavy atom. The highest BCUT2D eigenvalue weighted by Crippen LogP contribution is 2.29. The van der Waals surface area contributed by atoms with Crippen LogP contribution in [-0.4, -0.2) is 23.4 Å². The van der Waals surface area contributed by atoms with Gasteiger partial charge in [-0.25, -0.2) is 9.59 Å². The summed E-state index contributed by atoms with van der Waals surface area (Å²) in [5, 5.41) is 19.2. The van der Waals surface area contributed by atoms with Gasteiger partial charge in [-0.15, -0.1) is 0 Å². The predicted molar refractivity (Wildman–Crippen MR) is 97.2 cm³/mol. The van der Waals surface area contributed by atoms with Crippen LogP contribution in [0.1, 0.15) is 34.0 Å². The largest absolute Gasteiger partial charge is 0.506 e. The molecule has 0 aliphatic rings. The highest BCUT2D eigenvalue weighted by Gasteiger charge is 2.20. The molecule has 3 aromatic rings. The molecule has 2 N–H and O–H groups in total. The van der Waals surface area contributed by atoms with Crippen LogP contribution in [0, 0.1) is 12.3 Å². The second kappa shape index (κ2) is 6.84. The van der Waals surface area contributed by atoms with Crippen molar-refractivity contribution >= 4 is 22.7 Å². The lowest BCUT2D eigenvalue weighted by Crippen LogP contribution is -2.16. The van der Waals surface area contributed by atoms with Gasteiger partial charge in [0.15, 0.2) is 0 Å². The fraction of sp³-hybridized carbons (Fsp3) is 0.150. The minimum absolute atomic E-state index is 0.185. The van der Waals surface area contributed by atoms with Crippen molar-refractivity contribution in [3.63, 3.8) is 0 Å². The van der Waals surface area contributed by atoms with Crippen molar-refractivity contribution in [2.24, 2.45) is 0 Å². The molecule has 1 heterocycles. The molecule has 26 heavy (non-hydrogen) atoms. The van der Waals surface area contributed by atoms with Crippen LogP contribution < -0.4 is 5.63 Å². The van der Waals surface area contributed by atoms with Crippen molar-refractivity contribution in [1.29, 1.82) is 5.41 Å². The smallest absolute Gasteiger partial charge is 0.349 e. The van der Waals surface area contributed by atoms with Gasteiger partial charge < -0.3 is 14.3 Å². The van der Waals surface area contributed by atoms with E-state index in [0.29, 0.717) is 27.7 Å². The highest BCUT2D eigenvalue weighted by molar-refractivity contribution is 6.14. The van der Waals surface area contributed by atoms with Gasteiger partial charge in [0.1, 0.15) is 16.9 Å².